The second-order valence-corrected chi connectivity index (χ2v) is 5.54. The number of nitrogens with one attached hydrogen (secondary N) is 1. The topological polar surface area (TPSA) is 122 Å². The number of anilines is 1. The summed E-state index contributed by atoms with van der Waals surface area (Å²) in [6, 6.07) is 9.44. The Bertz CT molecular complexity index is 830. The molecule has 2 rings (SSSR count). The highest BCUT2D eigenvalue weighted by Crippen LogP contribution is 2.23. The van der Waals surface area contributed by atoms with Crippen LogP contribution in [-0.2, 0) is 14.3 Å². The van der Waals surface area contributed by atoms with E-state index in [1.807, 2.05) is 6.92 Å². The summed E-state index contributed by atoms with van der Waals surface area (Å²) in [6.45, 7) is 1.65. The molecule has 8 nitrogen and oxygen atoms in total. The van der Waals surface area contributed by atoms with Crippen LogP contribution in [0.1, 0.15) is 34.1 Å². The van der Waals surface area contributed by atoms with Crippen molar-refractivity contribution < 1.29 is 34.1 Å². The van der Waals surface area contributed by atoms with E-state index in [1.54, 1.807) is 0 Å². The number of ether oxygens (including phenoxy) is 2. The number of hydrogen-bond acceptors (Lipinski definition) is 7. The molecule has 0 bridgehead atoms. The van der Waals surface area contributed by atoms with Crippen molar-refractivity contribution in [2.75, 3.05) is 18.5 Å². The van der Waals surface area contributed by atoms with Crippen LogP contribution in [0.25, 0.3) is 0 Å². The number of benzene rings is 2. The molecule has 27 heavy (non-hydrogen) atoms. The van der Waals surface area contributed by atoms with E-state index < -0.39 is 30.2 Å². The van der Waals surface area contributed by atoms with E-state index in [0.29, 0.717) is 17.9 Å². The summed E-state index contributed by atoms with van der Waals surface area (Å²) in [5.41, 5.74) is 0.599. The zero-order valence-corrected chi connectivity index (χ0v) is 14.6. The maximum absolute atomic E-state index is 11.9. The van der Waals surface area contributed by atoms with Gasteiger partial charge in [-0.2, -0.15) is 0 Å². The predicted octanol–water partition coefficient (Wildman–Crippen LogP) is 2.46. The zero-order chi connectivity index (χ0) is 19.8. The molecular formula is C19H19NO7. The SMILES string of the molecule is CCCOC(=O)c1ccc(NC(=O)COC(=O)c2ccc(O)cc2O)cc1. The summed E-state index contributed by atoms with van der Waals surface area (Å²) >= 11 is 0. The Hall–Kier alpha value is -3.55. The molecule has 0 saturated carbocycles. The van der Waals surface area contributed by atoms with Crippen molar-refractivity contribution >= 4 is 23.5 Å². The maximum Gasteiger partial charge on any atom is 0.342 e. The van der Waals surface area contributed by atoms with E-state index in [4.69, 9.17) is 9.47 Å². The lowest BCUT2D eigenvalue weighted by molar-refractivity contribution is -0.119. The Kier molecular flexibility index (Phi) is 6.76. The summed E-state index contributed by atoms with van der Waals surface area (Å²) < 4.78 is 9.82. The first-order valence-electron chi connectivity index (χ1n) is 8.17. The van der Waals surface area contributed by atoms with E-state index in [2.05, 4.69) is 5.32 Å². The van der Waals surface area contributed by atoms with Gasteiger partial charge in [0, 0.05) is 11.8 Å². The minimum absolute atomic E-state index is 0.171. The monoisotopic (exact) mass is 373 g/mol. The number of aromatic hydroxyl groups is 2. The number of phenolic OH excluding ortho intramolecular Hbond substituents is 2. The number of hydrogen-bond donors (Lipinski definition) is 3. The Balaban J connectivity index is 1.86. The third-order valence-corrected chi connectivity index (χ3v) is 3.38. The molecule has 2 aromatic rings. The molecule has 142 valence electrons. The Labute approximate surface area is 155 Å². The Morgan fingerprint density at radius 1 is 0.963 bits per heavy atom. The number of esters is 2. The van der Waals surface area contributed by atoms with Gasteiger partial charge in [-0.3, -0.25) is 4.79 Å². The Morgan fingerprint density at radius 3 is 2.30 bits per heavy atom. The fourth-order valence-corrected chi connectivity index (χ4v) is 2.07. The van der Waals surface area contributed by atoms with Gasteiger partial charge in [0.15, 0.2) is 6.61 Å². The van der Waals surface area contributed by atoms with Crippen molar-refractivity contribution in [1.82, 2.24) is 0 Å². The molecule has 0 heterocycles. The van der Waals surface area contributed by atoms with Gasteiger partial charge >= 0.3 is 11.9 Å². The van der Waals surface area contributed by atoms with Crippen LogP contribution in [0.3, 0.4) is 0 Å². The number of carbonyl (C=O) groups excluding carboxylic acids is 3. The molecule has 0 fully saturated rings. The fourth-order valence-electron chi connectivity index (χ4n) is 2.07. The molecule has 0 aliphatic carbocycles. The summed E-state index contributed by atoms with van der Waals surface area (Å²) in [7, 11) is 0. The molecule has 8 heteroatoms. The normalized spacial score (nSPS) is 10.1. The van der Waals surface area contributed by atoms with Crippen molar-refractivity contribution in [1.29, 1.82) is 0 Å². The lowest BCUT2D eigenvalue weighted by atomic mass is 10.2. The van der Waals surface area contributed by atoms with Gasteiger partial charge in [0.1, 0.15) is 17.1 Å². The van der Waals surface area contributed by atoms with Gasteiger partial charge in [0.05, 0.1) is 12.2 Å². The third kappa shape index (κ3) is 5.74. The minimum Gasteiger partial charge on any atom is -0.508 e. The molecular weight excluding hydrogens is 354 g/mol. The van der Waals surface area contributed by atoms with E-state index >= 15 is 0 Å². The molecule has 2 aromatic carbocycles. The summed E-state index contributed by atoms with van der Waals surface area (Å²) in [4.78, 5) is 35.4. The van der Waals surface area contributed by atoms with Gasteiger partial charge in [-0.15, -0.1) is 0 Å². The number of amides is 1. The molecule has 0 radical (unpaired) electrons. The van der Waals surface area contributed by atoms with E-state index in [1.165, 1.54) is 36.4 Å². The molecule has 0 saturated heterocycles. The highest BCUT2D eigenvalue weighted by Gasteiger charge is 2.15. The first-order valence-corrected chi connectivity index (χ1v) is 8.17. The molecule has 0 atom stereocenters. The van der Waals surface area contributed by atoms with Gasteiger partial charge in [-0.25, -0.2) is 9.59 Å². The first kappa shape index (κ1) is 19.8. The average Bonchev–Trinajstić information content (AvgIpc) is 2.64. The quantitative estimate of drug-likeness (QED) is 0.637. The van der Waals surface area contributed by atoms with E-state index in [9.17, 15) is 24.6 Å². The summed E-state index contributed by atoms with van der Waals surface area (Å²) in [6.07, 6.45) is 0.723. The highest BCUT2D eigenvalue weighted by molar-refractivity contribution is 5.97. The van der Waals surface area contributed by atoms with Gasteiger partial charge in [-0.1, -0.05) is 6.92 Å². The van der Waals surface area contributed by atoms with Gasteiger partial charge in [-0.05, 0) is 42.8 Å². The van der Waals surface area contributed by atoms with Gasteiger partial charge in [0.25, 0.3) is 5.91 Å². The van der Waals surface area contributed by atoms with Crippen LogP contribution in [0.15, 0.2) is 42.5 Å². The average molecular weight is 373 g/mol. The standard InChI is InChI=1S/C19H19NO7/c1-2-9-26-18(24)12-3-5-13(6-4-12)20-17(23)11-27-19(25)15-8-7-14(21)10-16(15)22/h3-8,10,21-22H,2,9,11H2,1H3,(H,20,23). The molecule has 0 aliphatic rings. The van der Waals surface area contributed by atoms with Crippen molar-refractivity contribution in [2.24, 2.45) is 0 Å². The van der Waals surface area contributed by atoms with Crippen LogP contribution < -0.4 is 5.32 Å². The predicted molar refractivity (Wildman–Crippen MR) is 95.7 cm³/mol. The first-order chi connectivity index (χ1) is 12.9. The maximum atomic E-state index is 11.9. The van der Waals surface area contributed by atoms with Crippen LogP contribution in [0.2, 0.25) is 0 Å². The van der Waals surface area contributed by atoms with Crippen LogP contribution >= 0.6 is 0 Å². The number of carbonyl (C=O) groups is 3. The van der Waals surface area contributed by atoms with Crippen LogP contribution in [-0.4, -0.2) is 41.3 Å². The fraction of sp³-hybridized carbons (Fsp3) is 0.211. The molecule has 0 aliphatic heterocycles. The van der Waals surface area contributed by atoms with Crippen molar-refractivity contribution in [3.05, 3.63) is 53.6 Å². The molecule has 0 aromatic heterocycles. The highest BCUT2D eigenvalue weighted by atomic mass is 16.5. The smallest absolute Gasteiger partial charge is 0.342 e. The summed E-state index contributed by atoms with van der Waals surface area (Å²) in [5, 5.41) is 21.3. The number of rotatable bonds is 7. The second kappa shape index (κ2) is 9.23. The molecule has 0 unspecified atom stereocenters. The lowest BCUT2D eigenvalue weighted by Crippen LogP contribution is -2.21. The molecule has 3 N–H and O–H groups in total. The minimum atomic E-state index is -0.906. The largest absolute Gasteiger partial charge is 0.508 e. The van der Waals surface area contributed by atoms with E-state index in [-0.39, 0.29) is 11.3 Å². The van der Waals surface area contributed by atoms with Crippen molar-refractivity contribution in [2.45, 2.75) is 13.3 Å². The van der Waals surface area contributed by atoms with E-state index in [0.717, 1.165) is 12.5 Å². The molecule has 0 spiro atoms. The molecule has 1 amide bonds. The van der Waals surface area contributed by atoms with Gasteiger partial charge < -0.3 is 25.0 Å². The zero-order valence-electron chi connectivity index (χ0n) is 14.6. The second-order valence-electron chi connectivity index (χ2n) is 5.54. The number of phenols is 2. The van der Waals surface area contributed by atoms with Crippen LogP contribution in [0.4, 0.5) is 5.69 Å². The summed E-state index contributed by atoms with van der Waals surface area (Å²) in [5.74, 6) is -2.60. The van der Waals surface area contributed by atoms with Gasteiger partial charge in [0.2, 0.25) is 0 Å². The Morgan fingerprint density at radius 2 is 1.67 bits per heavy atom. The van der Waals surface area contributed by atoms with Crippen LogP contribution in [0, 0.1) is 0 Å². The van der Waals surface area contributed by atoms with Crippen molar-refractivity contribution in [3.8, 4) is 11.5 Å². The lowest BCUT2D eigenvalue weighted by Gasteiger charge is -2.08. The third-order valence-electron chi connectivity index (χ3n) is 3.38. The van der Waals surface area contributed by atoms with Crippen molar-refractivity contribution in [3.63, 3.8) is 0 Å². The van der Waals surface area contributed by atoms with Crippen LogP contribution in [0.5, 0.6) is 11.5 Å².